The Hall–Kier alpha value is -3.49. The van der Waals surface area contributed by atoms with Crippen molar-refractivity contribution in [3.63, 3.8) is 0 Å². The Bertz CT molecular complexity index is 1010. The van der Waals surface area contributed by atoms with Crippen molar-refractivity contribution >= 4 is 28.6 Å². The fraction of sp³-hybridized carbons (Fsp3) is 0.111. The first-order valence-electron chi connectivity index (χ1n) is 7.68. The molecule has 1 heterocycles. The van der Waals surface area contributed by atoms with E-state index in [1.165, 1.54) is 36.7 Å². The molecule has 0 aliphatic heterocycles. The number of para-hydroxylation sites is 1. The van der Waals surface area contributed by atoms with Gasteiger partial charge in [-0.3, -0.25) is 14.8 Å². The van der Waals surface area contributed by atoms with Crippen LogP contribution in [-0.4, -0.2) is 28.5 Å². The fourth-order valence-electron chi connectivity index (χ4n) is 2.33. The maximum atomic E-state index is 12.9. The minimum absolute atomic E-state index is 0.145. The van der Waals surface area contributed by atoms with E-state index in [9.17, 15) is 22.8 Å². The van der Waals surface area contributed by atoms with Crippen molar-refractivity contribution in [3.05, 3.63) is 66.0 Å². The van der Waals surface area contributed by atoms with Gasteiger partial charge in [-0.2, -0.15) is 13.2 Å². The number of nitrogens with one attached hydrogen (secondary N) is 1. The number of benzene rings is 2. The highest BCUT2D eigenvalue weighted by Crippen LogP contribution is 2.34. The van der Waals surface area contributed by atoms with Gasteiger partial charge in [-0.1, -0.05) is 12.1 Å². The lowest BCUT2D eigenvalue weighted by atomic mass is 10.1. The minimum atomic E-state index is -4.62. The Morgan fingerprint density at radius 3 is 2.44 bits per heavy atom. The highest BCUT2D eigenvalue weighted by Gasteiger charge is 2.33. The Balaban J connectivity index is 1.64. The first-order chi connectivity index (χ1) is 12.8. The van der Waals surface area contributed by atoms with Crippen LogP contribution in [0.25, 0.3) is 11.0 Å². The van der Waals surface area contributed by atoms with Crippen molar-refractivity contribution in [3.8, 4) is 0 Å². The van der Waals surface area contributed by atoms with E-state index in [0.29, 0.717) is 11.0 Å². The van der Waals surface area contributed by atoms with Gasteiger partial charge in [-0.05, 0) is 30.3 Å². The van der Waals surface area contributed by atoms with Crippen LogP contribution < -0.4 is 5.32 Å². The summed E-state index contributed by atoms with van der Waals surface area (Å²) in [6.45, 7) is -0.733. The number of fused-ring (bicyclic) bond motifs is 1. The van der Waals surface area contributed by atoms with Gasteiger partial charge in [0.15, 0.2) is 6.61 Å². The van der Waals surface area contributed by atoms with E-state index in [-0.39, 0.29) is 5.56 Å². The molecule has 6 nitrogen and oxygen atoms in total. The number of esters is 1. The molecule has 0 aliphatic carbocycles. The highest BCUT2D eigenvalue weighted by molar-refractivity contribution is 5.97. The number of anilines is 1. The van der Waals surface area contributed by atoms with Crippen LogP contribution in [0.1, 0.15) is 15.9 Å². The highest BCUT2D eigenvalue weighted by atomic mass is 19.4. The van der Waals surface area contributed by atoms with Crippen LogP contribution in [0.3, 0.4) is 0 Å². The molecule has 1 amide bonds. The zero-order valence-electron chi connectivity index (χ0n) is 13.7. The molecular weight excluding hydrogens is 363 g/mol. The van der Waals surface area contributed by atoms with Crippen LogP contribution in [0.2, 0.25) is 0 Å². The first-order valence-corrected chi connectivity index (χ1v) is 7.68. The molecule has 0 radical (unpaired) electrons. The number of hydrogen-bond acceptors (Lipinski definition) is 5. The number of carbonyl (C=O) groups is 2. The molecule has 0 atom stereocenters. The van der Waals surface area contributed by atoms with E-state index in [2.05, 4.69) is 15.3 Å². The van der Waals surface area contributed by atoms with Crippen molar-refractivity contribution in [2.75, 3.05) is 11.9 Å². The molecule has 9 heteroatoms. The second-order valence-electron chi connectivity index (χ2n) is 5.43. The first kappa shape index (κ1) is 18.3. The maximum absolute atomic E-state index is 12.9. The summed E-state index contributed by atoms with van der Waals surface area (Å²) in [5.41, 5.74) is -0.206. The van der Waals surface area contributed by atoms with Crippen molar-refractivity contribution in [2.24, 2.45) is 0 Å². The Morgan fingerprint density at radius 1 is 1.00 bits per heavy atom. The lowest BCUT2D eigenvalue weighted by Gasteiger charge is -2.13. The number of hydrogen-bond donors (Lipinski definition) is 1. The summed E-state index contributed by atoms with van der Waals surface area (Å²) in [4.78, 5) is 32.0. The SMILES string of the molecule is O=C(COC(=O)c1ccc2nccnc2c1)Nc1ccccc1C(F)(F)F. The second-order valence-corrected chi connectivity index (χ2v) is 5.43. The maximum Gasteiger partial charge on any atom is 0.418 e. The number of alkyl halides is 3. The molecule has 0 saturated heterocycles. The van der Waals surface area contributed by atoms with Crippen LogP contribution in [0, 0.1) is 0 Å². The van der Waals surface area contributed by atoms with E-state index in [4.69, 9.17) is 4.74 Å². The molecule has 0 aliphatic rings. The van der Waals surface area contributed by atoms with Crippen molar-refractivity contribution < 1.29 is 27.5 Å². The van der Waals surface area contributed by atoms with Crippen LogP contribution in [0.4, 0.5) is 18.9 Å². The number of rotatable bonds is 4. The van der Waals surface area contributed by atoms with Gasteiger partial charge < -0.3 is 10.1 Å². The third-order valence-electron chi connectivity index (χ3n) is 3.55. The van der Waals surface area contributed by atoms with Gasteiger partial charge in [0, 0.05) is 12.4 Å². The van der Waals surface area contributed by atoms with E-state index >= 15 is 0 Å². The predicted octanol–water partition coefficient (Wildman–Crippen LogP) is 3.44. The number of amides is 1. The predicted molar refractivity (Wildman–Crippen MR) is 89.9 cm³/mol. The lowest BCUT2D eigenvalue weighted by molar-refractivity contribution is -0.137. The van der Waals surface area contributed by atoms with E-state index < -0.39 is 35.9 Å². The van der Waals surface area contributed by atoms with Gasteiger partial charge in [0.1, 0.15) is 0 Å². The van der Waals surface area contributed by atoms with Gasteiger partial charge in [-0.15, -0.1) is 0 Å². The largest absolute Gasteiger partial charge is 0.452 e. The minimum Gasteiger partial charge on any atom is -0.452 e. The van der Waals surface area contributed by atoms with Gasteiger partial charge in [0.05, 0.1) is 27.8 Å². The Kier molecular flexibility index (Phi) is 5.02. The number of nitrogens with zero attached hydrogens (tertiary/aromatic N) is 2. The number of halogens is 3. The van der Waals surface area contributed by atoms with Gasteiger partial charge in [0.2, 0.25) is 0 Å². The summed E-state index contributed by atoms with van der Waals surface area (Å²) >= 11 is 0. The monoisotopic (exact) mass is 375 g/mol. The smallest absolute Gasteiger partial charge is 0.418 e. The van der Waals surface area contributed by atoms with Crippen LogP contribution in [0.5, 0.6) is 0 Å². The zero-order valence-corrected chi connectivity index (χ0v) is 13.7. The molecule has 3 aromatic rings. The molecule has 138 valence electrons. The molecular formula is C18H12F3N3O3. The van der Waals surface area contributed by atoms with Crippen LogP contribution in [-0.2, 0) is 15.7 Å². The summed E-state index contributed by atoms with van der Waals surface area (Å²) in [7, 11) is 0. The van der Waals surface area contributed by atoms with Gasteiger partial charge in [0.25, 0.3) is 5.91 Å². The summed E-state index contributed by atoms with van der Waals surface area (Å²) in [6.07, 6.45) is -1.65. The Labute approximate surface area is 151 Å². The summed E-state index contributed by atoms with van der Waals surface area (Å²) in [5, 5.41) is 2.10. The van der Waals surface area contributed by atoms with Crippen molar-refractivity contribution in [1.82, 2.24) is 9.97 Å². The van der Waals surface area contributed by atoms with E-state index in [1.54, 1.807) is 6.07 Å². The molecule has 27 heavy (non-hydrogen) atoms. The van der Waals surface area contributed by atoms with Crippen molar-refractivity contribution in [1.29, 1.82) is 0 Å². The van der Waals surface area contributed by atoms with Crippen LogP contribution >= 0.6 is 0 Å². The zero-order chi connectivity index (χ0) is 19.4. The second kappa shape index (κ2) is 7.40. The molecule has 1 aromatic heterocycles. The van der Waals surface area contributed by atoms with E-state index in [1.807, 2.05) is 0 Å². The fourth-order valence-corrected chi connectivity index (χ4v) is 2.33. The lowest BCUT2D eigenvalue weighted by Crippen LogP contribution is -2.22. The summed E-state index contributed by atoms with van der Waals surface area (Å²) in [6, 6.07) is 8.99. The molecule has 3 rings (SSSR count). The molecule has 1 N–H and O–H groups in total. The van der Waals surface area contributed by atoms with Gasteiger partial charge >= 0.3 is 12.1 Å². The number of ether oxygens (including phenoxy) is 1. The Morgan fingerprint density at radius 2 is 1.70 bits per heavy atom. The molecule has 0 bridgehead atoms. The quantitative estimate of drug-likeness (QED) is 0.707. The molecule has 0 unspecified atom stereocenters. The molecule has 0 fully saturated rings. The average molecular weight is 375 g/mol. The number of carbonyl (C=O) groups excluding carboxylic acids is 2. The summed E-state index contributed by atoms with van der Waals surface area (Å²) in [5.74, 6) is -1.69. The van der Waals surface area contributed by atoms with E-state index in [0.717, 1.165) is 12.1 Å². The topological polar surface area (TPSA) is 81.2 Å². The van der Waals surface area contributed by atoms with Crippen LogP contribution in [0.15, 0.2) is 54.9 Å². The summed E-state index contributed by atoms with van der Waals surface area (Å²) < 4.78 is 43.6. The third-order valence-corrected chi connectivity index (χ3v) is 3.55. The third kappa shape index (κ3) is 4.38. The number of aromatic nitrogens is 2. The average Bonchev–Trinajstić information content (AvgIpc) is 2.65. The molecule has 0 spiro atoms. The standard InChI is InChI=1S/C18H12F3N3O3/c19-18(20,21)12-3-1-2-4-13(12)24-16(25)10-27-17(26)11-5-6-14-15(9-11)23-8-7-22-14/h1-9H,10H2,(H,24,25). The van der Waals surface area contributed by atoms with Gasteiger partial charge in [-0.25, -0.2) is 4.79 Å². The molecule has 2 aromatic carbocycles. The van der Waals surface area contributed by atoms with Crippen molar-refractivity contribution in [2.45, 2.75) is 6.18 Å². The molecule has 0 saturated carbocycles. The normalized spacial score (nSPS) is 11.2.